The van der Waals surface area contributed by atoms with Gasteiger partial charge in [-0.25, -0.2) is 0 Å². The van der Waals surface area contributed by atoms with E-state index in [0.717, 1.165) is 0 Å². The van der Waals surface area contributed by atoms with Gasteiger partial charge in [0.25, 0.3) is 0 Å². The Morgan fingerprint density at radius 3 is 1.79 bits per heavy atom. The van der Waals surface area contributed by atoms with Crippen LogP contribution in [0.2, 0.25) is 5.02 Å². The predicted molar refractivity (Wildman–Crippen MR) is 111 cm³/mol. The monoisotopic (exact) mass is 416 g/mol. The van der Waals surface area contributed by atoms with Crippen LogP contribution >= 0.6 is 11.6 Å². The van der Waals surface area contributed by atoms with Crippen LogP contribution in [-0.2, 0) is 19.1 Å². The summed E-state index contributed by atoms with van der Waals surface area (Å²) in [5.41, 5.74) is 1.15. The molecule has 2 atom stereocenters. The number of methoxy groups -OCH3 is 2. The van der Waals surface area contributed by atoms with Gasteiger partial charge < -0.3 is 9.47 Å². The van der Waals surface area contributed by atoms with E-state index in [-0.39, 0.29) is 11.7 Å². The molecule has 0 spiro atoms. The number of carbonyl (C=O) groups is 3. The average Bonchev–Trinajstić information content (AvgIpc) is 2.73. The fraction of sp³-hybridized carbons (Fsp3) is 0.348. The van der Waals surface area contributed by atoms with Gasteiger partial charge in [0.1, 0.15) is 0 Å². The van der Waals surface area contributed by atoms with E-state index in [1.165, 1.54) is 14.2 Å². The number of halogens is 1. The van der Waals surface area contributed by atoms with Crippen molar-refractivity contribution in [2.45, 2.75) is 19.8 Å². The highest BCUT2D eigenvalue weighted by Gasteiger charge is 2.45. The topological polar surface area (TPSA) is 69.7 Å². The van der Waals surface area contributed by atoms with Crippen molar-refractivity contribution in [1.29, 1.82) is 0 Å². The molecule has 29 heavy (non-hydrogen) atoms. The average molecular weight is 417 g/mol. The molecule has 0 unspecified atom stereocenters. The number of Topliss-reactive ketones (excluding diaryl/α,β-unsaturated/α-hetero) is 1. The van der Waals surface area contributed by atoms with Gasteiger partial charge in [-0.2, -0.15) is 0 Å². The summed E-state index contributed by atoms with van der Waals surface area (Å²) in [7, 11) is 2.42. The largest absolute Gasteiger partial charge is 0.468 e. The van der Waals surface area contributed by atoms with Gasteiger partial charge in [-0.3, -0.25) is 14.4 Å². The fourth-order valence-corrected chi connectivity index (χ4v) is 3.74. The third-order valence-corrected chi connectivity index (χ3v) is 5.24. The second-order valence-electron chi connectivity index (χ2n) is 7.10. The molecule has 0 saturated carbocycles. The fourth-order valence-electron chi connectivity index (χ4n) is 3.61. The van der Waals surface area contributed by atoms with Crippen molar-refractivity contribution in [3.05, 3.63) is 70.7 Å². The Morgan fingerprint density at radius 2 is 1.34 bits per heavy atom. The highest BCUT2D eigenvalue weighted by atomic mass is 35.5. The molecule has 0 fully saturated rings. The Hall–Kier alpha value is -2.66. The number of hydrogen-bond donors (Lipinski definition) is 0. The van der Waals surface area contributed by atoms with Crippen molar-refractivity contribution < 1.29 is 23.9 Å². The van der Waals surface area contributed by atoms with E-state index >= 15 is 0 Å². The van der Waals surface area contributed by atoms with Crippen LogP contribution in [0.5, 0.6) is 0 Å². The zero-order valence-corrected chi connectivity index (χ0v) is 17.7. The number of hydrogen-bond acceptors (Lipinski definition) is 5. The normalized spacial score (nSPS) is 13.1. The van der Waals surface area contributed by atoms with E-state index in [2.05, 4.69) is 0 Å². The lowest BCUT2D eigenvalue weighted by Crippen LogP contribution is -2.40. The van der Waals surface area contributed by atoms with Gasteiger partial charge in [-0.1, -0.05) is 67.9 Å². The maximum atomic E-state index is 13.5. The Labute approximate surface area is 176 Å². The Balaban J connectivity index is 2.67. The van der Waals surface area contributed by atoms with E-state index in [1.54, 1.807) is 48.5 Å². The van der Waals surface area contributed by atoms with Gasteiger partial charge in [0.15, 0.2) is 11.7 Å². The molecule has 0 amide bonds. The third kappa shape index (κ3) is 5.24. The lowest BCUT2D eigenvalue weighted by molar-refractivity contribution is -0.160. The summed E-state index contributed by atoms with van der Waals surface area (Å²) in [4.78, 5) is 38.7. The lowest BCUT2D eigenvalue weighted by Gasteiger charge is -2.33. The second-order valence-corrected chi connectivity index (χ2v) is 7.54. The first kappa shape index (κ1) is 22.6. The van der Waals surface area contributed by atoms with Crippen LogP contribution in [-0.4, -0.2) is 31.9 Å². The minimum absolute atomic E-state index is 0.154. The Kier molecular flexibility index (Phi) is 7.97. The maximum Gasteiger partial charge on any atom is 0.320 e. The van der Waals surface area contributed by atoms with Crippen molar-refractivity contribution in [2.75, 3.05) is 14.2 Å². The molecule has 5 nitrogen and oxygen atoms in total. The molecule has 154 valence electrons. The van der Waals surface area contributed by atoms with Crippen molar-refractivity contribution in [3.8, 4) is 0 Å². The second kappa shape index (κ2) is 10.2. The molecule has 0 heterocycles. The number of rotatable bonds is 8. The van der Waals surface area contributed by atoms with Crippen LogP contribution in [0.25, 0.3) is 0 Å². The van der Waals surface area contributed by atoms with Crippen LogP contribution in [0, 0.1) is 17.8 Å². The molecule has 0 aliphatic rings. The highest BCUT2D eigenvalue weighted by Crippen LogP contribution is 2.40. The van der Waals surface area contributed by atoms with E-state index in [4.69, 9.17) is 21.1 Å². The highest BCUT2D eigenvalue weighted by molar-refractivity contribution is 6.30. The summed E-state index contributed by atoms with van der Waals surface area (Å²) in [6.07, 6.45) is 0. The number of esters is 2. The van der Waals surface area contributed by atoms with Crippen molar-refractivity contribution in [2.24, 2.45) is 17.8 Å². The Bertz CT molecular complexity index is 829. The third-order valence-electron chi connectivity index (χ3n) is 4.99. The quantitative estimate of drug-likeness (QED) is 0.359. The molecule has 0 aliphatic heterocycles. The number of benzene rings is 2. The first-order valence-corrected chi connectivity index (χ1v) is 9.70. The molecule has 0 saturated heterocycles. The summed E-state index contributed by atoms with van der Waals surface area (Å²) in [5, 5.41) is 0.510. The number of ether oxygens (including phenoxy) is 2. The van der Waals surface area contributed by atoms with Gasteiger partial charge in [-0.15, -0.1) is 0 Å². The zero-order valence-electron chi connectivity index (χ0n) is 16.9. The predicted octanol–water partition coefficient (Wildman–Crippen LogP) is 4.54. The zero-order chi connectivity index (χ0) is 21.6. The van der Waals surface area contributed by atoms with Crippen LogP contribution in [0.3, 0.4) is 0 Å². The van der Waals surface area contributed by atoms with E-state index in [1.807, 2.05) is 19.9 Å². The SMILES string of the molecule is COC(=O)C(C(=O)OC)[C@H](c1ccc(Cl)cc1)[C@@H](C(=O)c1ccccc1)C(C)C. The minimum atomic E-state index is -1.29. The van der Waals surface area contributed by atoms with E-state index < -0.39 is 29.7 Å². The van der Waals surface area contributed by atoms with Gasteiger partial charge in [0, 0.05) is 22.4 Å². The number of ketones is 1. The minimum Gasteiger partial charge on any atom is -0.468 e. The molecule has 0 aromatic heterocycles. The molecular formula is C23H25ClO5. The molecular weight excluding hydrogens is 392 g/mol. The van der Waals surface area contributed by atoms with Crippen molar-refractivity contribution >= 4 is 29.3 Å². The molecule has 2 aromatic rings. The smallest absolute Gasteiger partial charge is 0.320 e. The lowest BCUT2D eigenvalue weighted by atomic mass is 9.69. The summed E-state index contributed by atoms with van der Waals surface area (Å²) >= 11 is 6.03. The molecule has 2 aromatic carbocycles. The van der Waals surface area contributed by atoms with Crippen LogP contribution in [0.4, 0.5) is 0 Å². The first-order chi connectivity index (χ1) is 13.8. The number of carbonyl (C=O) groups excluding carboxylic acids is 3. The molecule has 2 rings (SSSR count). The van der Waals surface area contributed by atoms with Gasteiger partial charge in [0.2, 0.25) is 0 Å². The van der Waals surface area contributed by atoms with Gasteiger partial charge in [-0.05, 0) is 23.6 Å². The molecule has 6 heteroatoms. The molecule has 0 bridgehead atoms. The van der Waals surface area contributed by atoms with E-state index in [9.17, 15) is 14.4 Å². The Morgan fingerprint density at radius 1 is 0.828 bits per heavy atom. The van der Waals surface area contributed by atoms with Crippen LogP contribution in [0.15, 0.2) is 54.6 Å². The summed E-state index contributed by atoms with van der Waals surface area (Å²) < 4.78 is 9.80. The maximum absolute atomic E-state index is 13.5. The standard InChI is InChI=1S/C23H25ClO5/c1-14(2)18(21(25)16-8-6-5-7-9-16)19(15-10-12-17(24)13-11-15)20(22(26)28-3)23(27)29-4/h5-14,18-20H,1-4H3/t18-,19+/m0/s1. The summed E-state index contributed by atoms with van der Waals surface area (Å²) in [6, 6.07) is 15.6. The molecule has 0 N–H and O–H groups in total. The van der Waals surface area contributed by atoms with Gasteiger partial charge in [0.05, 0.1) is 14.2 Å². The summed E-state index contributed by atoms with van der Waals surface area (Å²) in [6.45, 7) is 3.78. The first-order valence-electron chi connectivity index (χ1n) is 9.32. The van der Waals surface area contributed by atoms with Crippen LogP contribution < -0.4 is 0 Å². The van der Waals surface area contributed by atoms with Gasteiger partial charge >= 0.3 is 11.9 Å². The van der Waals surface area contributed by atoms with E-state index in [0.29, 0.717) is 16.1 Å². The summed E-state index contributed by atoms with van der Waals surface area (Å²) in [5.74, 6) is -4.54. The molecule has 0 radical (unpaired) electrons. The van der Waals surface area contributed by atoms with Crippen LogP contribution in [0.1, 0.15) is 35.7 Å². The molecule has 0 aliphatic carbocycles. The van der Waals surface area contributed by atoms with Crippen molar-refractivity contribution in [1.82, 2.24) is 0 Å². The van der Waals surface area contributed by atoms with Crippen molar-refractivity contribution in [3.63, 3.8) is 0 Å².